The molecule has 2 aliphatic rings. The molecule has 3 heterocycles. The van der Waals surface area contributed by atoms with Gasteiger partial charge < -0.3 is 15.5 Å². The molecule has 0 saturated carbocycles. The van der Waals surface area contributed by atoms with E-state index in [4.69, 9.17) is 0 Å². The summed E-state index contributed by atoms with van der Waals surface area (Å²) < 4.78 is 0. The minimum Gasteiger partial charge on any atom is -0.369 e. The van der Waals surface area contributed by atoms with Crippen LogP contribution in [0.5, 0.6) is 0 Å². The topological polar surface area (TPSA) is 92.2 Å². The summed E-state index contributed by atoms with van der Waals surface area (Å²) in [5.41, 5.74) is 2.61. The highest BCUT2D eigenvalue weighted by Crippen LogP contribution is 2.36. The standard InChI is InChI=1S/C20H20N6O2/c27-18(13-26-23-16-7-3-4-8-17(16)24-26)25-11-9-20(10-12-25)19(28)21-14-5-1-2-6-15(14)22-20/h1-8,22H,9-13H2,(H,21,28). The Morgan fingerprint density at radius 1 is 0.964 bits per heavy atom. The number of likely N-dealkylation sites (tertiary alicyclic amines) is 1. The van der Waals surface area contributed by atoms with Crippen molar-refractivity contribution in [3.8, 4) is 0 Å². The first kappa shape index (κ1) is 16.7. The summed E-state index contributed by atoms with van der Waals surface area (Å²) in [6.45, 7) is 1.13. The molecule has 0 aliphatic carbocycles. The van der Waals surface area contributed by atoms with Crippen molar-refractivity contribution in [2.24, 2.45) is 0 Å². The van der Waals surface area contributed by atoms with E-state index in [-0.39, 0.29) is 18.4 Å². The Balaban J connectivity index is 1.26. The van der Waals surface area contributed by atoms with Gasteiger partial charge in [0.25, 0.3) is 0 Å². The zero-order chi connectivity index (χ0) is 19.1. The molecular weight excluding hydrogens is 356 g/mol. The Kier molecular flexibility index (Phi) is 3.78. The van der Waals surface area contributed by atoms with E-state index in [1.807, 2.05) is 48.5 Å². The molecule has 0 atom stereocenters. The number of piperidine rings is 1. The van der Waals surface area contributed by atoms with Gasteiger partial charge in [-0.2, -0.15) is 15.0 Å². The number of para-hydroxylation sites is 2. The molecule has 1 spiro atoms. The largest absolute Gasteiger partial charge is 0.369 e. The fourth-order valence-corrected chi connectivity index (χ4v) is 3.94. The number of carbonyl (C=O) groups excluding carboxylic acids is 2. The van der Waals surface area contributed by atoms with Crippen LogP contribution in [0.15, 0.2) is 48.5 Å². The highest BCUT2D eigenvalue weighted by Gasteiger charge is 2.44. The van der Waals surface area contributed by atoms with Crippen molar-refractivity contribution in [3.05, 3.63) is 48.5 Å². The number of nitrogens with one attached hydrogen (secondary N) is 2. The Morgan fingerprint density at radius 3 is 2.25 bits per heavy atom. The number of hydrogen-bond donors (Lipinski definition) is 2. The molecule has 142 valence electrons. The van der Waals surface area contributed by atoms with Gasteiger partial charge in [-0.1, -0.05) is 24.3 Å². The van der Waals surface area contributed by atoms with E-state index >= 15 is 0 Å². The Labute approximate surface area is 161 Å². The smallest absolute Gasteiger partial charge is 0.250 e. The van der Waals surface area contributed by atoms with Crippen LogP contribution in [0.4, 0.5) is 11.4 Å². The molecule has 28 heavy (non-hydrogen) atoms. The lowest BCUT2D eigenvalue weighted by atomic mass is 9.84. The molecule has 2 N–H and O–H groups in total. The van der Waals surface area contributed by atoms with Gasteiger partial charge in [0.1, 0.15) is 23.1 Å². The average Bonchev–Trinajstić information content (AvgIpc) is 3.11. The van der Waals surface area contributed by atoms with Gasteiger partial charge in [-0.05, 0) is 37.1 Å². The minimum atomic E-state index is -0.663. The third-order valence-electron chi connectivity index (χ3n) is 5.56. The van der Waals surface area contributed by atoms with Gasteiger partial charge in [-0.3, -0.25) is 9.59 Å². The van der Waals surface area contributed by atoms with Crippen LogP contribution in [-0.4, -0.2) is 50.3 Å². The van der Waals surface area contributed by atoms with E-state index in [2.05, 4.69) is 20.8 Å². The van der Waals surface area contributed by atoms with Crippen molar-refractivity contribution in [1.82, 2.24) is 19.9 Å². The molecule has 1 aromatic heterocycles. The summed E-state index contributed by atoms with van der Waals surface area (Å²) >= 11 is 0. The lowest BCUT2D eigenvalue weighted by Crippen LogP contribution is -2.59. The minimum absolute atomic E-state index is 0.0294. The van der Waals surface area contributed by atoms with Gasteiger partial charge in [0, 0.05) is 13.1 Å². The third-order valence-corrected chi connectivity index (χ3v) is 5.56. The summed E-state index contributed by atoms with van der Waals surface area (Å²) in [5, 5.41) is 15.1. The van der Waals surface area contributed by atoms with Crippen molar-refractivity contribution in [3.63, 3.8) is 0 Å². The second-order valence-electron chi connectivity index (χ2n) is 7.31. The second kappa shape index (κ2) is 6.33. The summed E-state index contributed by atoms with van der Waals surface area (Å²) in [6.07, 6.45) is 1.13. The molecule has 2 aromatic carbocycles. The van der Waals surface area contributed by atoms with Crippen molar-refractivity contribution in [2.75, 3.05) is 23.7 Å². The maximum absolute atomic E-state index is 12.7. The van der Waals surface area contributed by atoms with Gasteiger partial charge in [0.15, 0.2) is 0 Å². The summed E-state index contributed by atoms with van der Waals surface area (Å²) in [6, 6.07) is 15.2. The van der Waals surface area contributed by atoms with Crippen LogP contribution in [0.25, 0.3) is 11.0 Å². The molecule has 1 saturated heterocycles. The van der Waals surface area contributed by atoms with Crippen LogP contribution in [0.2, 0.25) is 0 Å². The first-order valence-corrected chi connectivity index (χ1v) is 9.39. The Bertz CT molecular complexity index is 1030. The average molecular weight is 376 g/mol. The normalized spacial score (nSPS) is 17.9. The number of rotatable bonds is 2. The lowest BCUT2D eigenvalue weighted by Gasteiger charge is -2.44. The Hall–Kier alpha value is -3.42. The monoisotopic (exact) mass is 376 g/mol. The number of benzene rings is 2. The molecule has 5 rings (SSSR count). The zero-order valence-corrected chi connectivity index (χ0v) is 15.3. The first-order valence-electron chi connectivity index (χ1n) is 9.39. The van der Waals surface area contributed by atoms with Gasteiger partial charge in [-0.15, -0.1) is 0 Å². The summed E-state index contributed by atoms with van der Waals surface area (Å²) in [5.74, 6) is -0.0648. The van der Waals surface area contributed by atoms with Crippen LogP contribution in [0.1, 0.15) is 12.8 Å². The van der Waals surface area contributed by atoms with Gasteiger partial charge >= 0.3 is 0 Å². The van der Waals surface area contributed by atoms with Crippen molar-refractivity contribution in [1.29, 1.82) is 0 Å². The molecule has 8 heteroatoms. The summed E-state index contributed by atoms with van der Waals surface area (Å²) in [4.78, 5) is 28.6. The van der Waals surface area contributed by atoms with E-state index in [9.17, 15) is 9.59 Å². The molecule has 0 bridgehead atoms. The van der Waals surface area contributed by atoms with Crippen LogP contribution in [-0.2, 0) is 16.1 Å². The predicted molar refractivity (Wildman–Crippen MR) is 105 cm³/mol. The van der Waals surface area contributed by atoms with Crippen LogP contribution in [0, 0.1) is 0 Å². The molecule has 2 amide bonds. The number of fused-ring (bicyclic) bond motifs is 2. The molecule has 2 aliphatic heterocycles. The highest BCUT2D eigenvalue weighted by atomic mass is 16.2. The highest BCUT2D eigenvalue weighted by molar-refractivity contribution is 6.06. The fourth-order valence-electron chi connectivity index (χ4n) is 3.94. The fraction of sp³-hybridized carbons (Fsp3) is 0.300. The number of carbonyl (C=O) groups is 2. The number of aromatic nitrogens is 3. The van der Waals surface area contributed by atoms with Crippen LogP contribution in [0.3, 0.4) is 0 Å². The SMILES string of the molecule is O=C(Cn1nc2ccccc2n1)N1CCC2(CC1)Nc1ccccc1NC2=O. The van der Waals surface area contributed by atoms with E-state index in [1.54, 1.807) is 4.90 Å². The number of anilines is 2. The first-order chi connectivity index (χ1) is 13.6. The van der Waals surface area contributed by atoms with E-state index in [1.165, 1.54) is 4.80 Å². The van der Waals surface area contributed by atoms with Crippen LogP contribution >= 0.6 is 0 Å². The second-order valence-corrected chi connectivity index (χ2v) is 7.31. The predicted octanol–water partition coefficient (Wildman–Crippen LogP) is 1.86. The maximum atomic E-state index is 12.7. The van der Waals surface area contributed by atoms with Gasteiger partial charge in [0.05, 0.1) is 11.4 Å². The quantitative estimate of drug-likeness (QED) is 0.712. The molecular formula is C20H20N6O2. The molecule has 3 aromatic rings. The molecule has 1 fully saturated rings. The molecule has 8 nitrogen and oxygen atoms in total. The number of amides is 2. The molecule has 0 unspecified atom stereocenters. The van der Waals surface area contributed by atoms with Gasteiger partial charge in [0.2, 0.25) is 11.8 Å². The zero-order valence-electron chi connectivity index (χ0n) is 15.3. The van der Waals surface area contributed by atoms with Crippen molar-refractivity contribution < 1.29 is 9.59 Å². The van der Waals surface area contributed by atoms with Crippen molar-refractivity contribution >= 4 is 34.2 Å². The molecule has 0 radical (unpaired) electrons. The maximum Gasteiger partial charge on any atom is 0.250 e. The Morgan fingerprint density at radius 2 is 1.57 bits per heavy atom. The van der Waals surface area contributed by atoms with E-state index < -0.39 is 5.54 Å². The number of hydrogen-bond acceptors (Lipinski definition) is 5. The van der Waals surface area contributed by atoms with E-state index in [0.717, 1.165) is 22.4 Å². The van der Waals surface area contributed by atoms with E-state index in [0.29, 0.717) is 25.9 Å². The number of nitrogens with zero attached hydrogens (tertiary/aromatic N) is 4. The lowest BCUT2D eigenvalue weighted by molar-refractivity contribution is -0.135. The summed E-state index contributed by atoms with van der Waals surface area (Å²) in [7, 11) is 0. The van der Waals surface area contributed by atoms with Crippen LogP contribution < -0.4 is 10.6 Å². The van der Waals surface area contributed by atoms with Gasteiger partial charge in [-0.25, -0.2) is 0 Å². The van der Waals surface area contributed by atoms with Crippen molar-refractivity contribution in [2.45, 2.75) is 24.9 Å². The third kappa shape index (κ3) is 2.77.